The molecule has 1 atom stereocenters. The Bertz CT molecular complexity index is 263. The summed E-state index contributed by atoms with van der Waals surface area (Å²) in [6.45, 7) is 5.00. The van der Waals surface area contributed by atoms with Gasteiger partial charge < -0.3 is 4.90 Å². The van der Waals surface area contributed by atoms with Crippen LogP contribution in [0, 0.1) is 0 Å². The molecule has 0 aliphatic carbocycles. The van der Waals surface area contributed by atoms with Crippen LogP contribution in [0.4, 0.5) is 0 Å². The van der Waals surface area contributed by atoms with Gasteiger partial charge >= 0.3 is 0 Å². The molecule has 13 heavy (non-hydrogen) atoms. The predicted octanol–water partition coefficient (Wildman–Crippen LogP) is -0.0280. The number of hydrogen-bond acceptors (Lipinski definition) is 3. The molecule has 0 bridgehead atoms. The molecule has 0 aromatic rings. The van der Waals surface area contributed by atoms with Crippen molar-refractivity contribution in [1.29, 1.82) is 0 Å². The summed E-state index contributed by atoms with van der Waals surface area (Å²) in [5.41, 5.74) is 0. The van der Waals surface area contributed by atoms with Crippen LogP contribution >= 0.6 is 0 Å². The second kappa shape index (κ2) is 3.94. The average Bonchev–Trinajstić information content (AvgIpc) is 2.48. The molecule has 0 aromatic heterocycles. The van der Waals surface area contributed by atoms with E-state index in [0.29, 0.717) is 0 Å². The van der Waals surface area contributed by atoms with Crippen LogP contribution in [0.3, 0.4) is 0 Å². The Labute approximate surface area is 80.6 Å². The van der Waals surface area contributed by atoms with Crippen LogP contribution < -0.4 is 0 Å². The molecular formula is C8H18N2O2S. The van der Waals surface area contributed by atoms with Crippen LogP contribution in [0.5, 0.6) is 0 Å². The Morgan fingerprint density at radius 3 is 2.54 bits per heavy atom. The number of sulfonamides is 1. The van der Waals surface area contributed by atoms with E-state index in [9.17, 15) is 8.42 Å². The van der Waals surface area contributed by atoms with E-state index in [0.717, 1.165) is 26.1 Å². The van der Waals surface area contributed by atoms with Gasteiger partial charge in [-0.3, -0.25) is 0 Å². The number of likely N-dealkylation sites (tertiary alicyclic amines) is 1. The van der Waals surface area contributed by atoms with Crippen LogP contribution in [-0.4, -0.2) is 56.6 Å². The largest absolute Gasteiger partial charge is 0.302 e. The maximum Gasteiger partial charge on any atom is 0.211 e. The molecule has 0 aromatic carbocycles. The Kier molecular flexibility index (Phi) is 3.32. The fraction of sp³-hybridized carbons (Fsp3) is 1.00. The molecule has 1 heterocycles. The first-order valence-electron chi connectivity index (χ1n) is 4.60. The summed E-state index contributed by atoms with van der Waals surface area (Å²) in [6, 6.07) is 0.176. The second-order valence-electron chi connectivity index (χ2n) is 3.61. The van der Waals surface area contributed by atoms with Crippen LogP contribution in [0.15, 0.2) is 0 Å². The molecule has 1 fully saturated rings. The summed E-state index contributed by atoms with van der Waals surface area (Å²) in [7, 11) is -1.35. The van der Waals surface area contributed by atoms with E-state index in [1.807, 2.05) is 0 Å². The Balaban J connectivity index is 2.56. The highest BCUT2D eigenvalue weighted by molar-refractivity contribution is 7.88. The number of hydrogen-bond donors (Lipinski definition) is 0. The molecule has 0 saturated carbocycles. The molecule has 1 aliphatic rings. The maximum atomic E-state index is 11.2. The third-order valence-corrected chi connectivity index (χ3v) is 4.08. The molecule has 1 aliphatic heterocycles. The molecule has 0 spiro atoms. The lowest BCUT2D eigenvalue weighted by Gasteiger charge is -2.21. The molecule has 0 amide bonds. The van der Waals surface area contributed by atoms with Gasteiger partial charge in [0.25, 0.3) is 0 Å². The second-order valence-corrected chi connectivity index (χ2v) is 5.66. The highest BCUT2D eigenvalue weighted by Crippen LogP contribution is 2.15. The Morgan fingerprint density at radius 1 is 1.54 bits per heavy atom. The molecule has 0 radical (unpaired) electrons. The first kappa shape index (κ1) is 10.9. The SMILES string of the molecule is CCN1CCC(N(C)S(C)(=O)=O)C1. The van der Waals surface area contributed by atoms with Crippen molar-refractivity contribution in [1.82, 2.24) is 9.21 Å². The van der Waals surface area contributed by atoms with E-state index in [2.05, 4.69) is 11.8 Å². The van der Waals surface area contributed by atoms with Gasteiger partial charge in [-0.25, -0.2) is 12.7 Å². The van der Waals surface area contributed by atoms with E-state index in [-0.39, 0.29) is 6.04 Å². The van der Waals surface area contributed by atoms with E-state index in [1.54, 1.807) is 7.05 Å². The zero-order valence-electron chi connectivity index (χ0n) is 8.52. The van der Waals surface area contributed by atoms with Gasteiger partial charge in [-0.1, -0.05) is 6.92 Å². The van der Waals surface area contributed by atoms with Crippen molar-refractivity contribution in [2.75, 3.05) is 32.9 Å². The maximum absolute atomic E-state index is 11.2. The van der Waals surface area contributed by atoms with Crippen LogP contribution in [0.1, 0.15) is 13.3 Å². The first-order valence-corrected chi connectivity index (χ1v) is 6.45. The van der Waals surface area contributed by atoms with Crippen molar-refractivity contribution in [3.05, 3.63) is 0 Å². The van der Waals surface area contributed by atoms with Gasteiger partial charge in [0.2, 0.25) is 10.0 Å². The normalized spacial score (nSPS) is 25.7. The zero-order chi connectivity index (χ0) is 10.1. The van der Waals surface area contributed by atoms with Crippen molar-refractivity contribution >= 4 is 10.0 Å². The summed E-state index contributed by atoms with van der Waals surface area (Å²) >= 11 is 0. The highest BCUT2D eigenvalue weighted by atomic mass is 32.2. The number of nitrogens with zero attached hydrogens (tertiary/aromatic N) is 2. The summed E-state index contributed by atoms with van der Waals surface area (Å²) < 4.78 is 23.9. The van der Waals surface area contributed by atoms with Gasteiger partial charge in [0.05, 0.1) is 6.26 Å². The highest BCUT2D eigenvalue weighted by Gasteiger charge is 2.28. The predicted molar refractivity (Wildman–Crippen MR) is 53.1 cm³/mol. The quantitative estimate of drug-likeness (QED) is 0.651. The standard InChI is InChI=1S/C8H18N2O2S/c1-4-10-6-5-8(7-10)9(2)13(3,11)12/h8H,4-7H2,1-3H3. The van der Waals surface area contributed by atoms with E-state index in [4.69, 9.17) is 0 Å². The van der Waals surface area contributed by atoms with Gasteiger partial charge in [0, 0.05) is 19.6 Å². The monoisotopic (exact) mass is 206 g/mol. The van der Waals surface area contributed by atoms with E-state index >= 15 is 0 Å². The fourth-order valence-electron chi connectivity index (χ4n) is 1.67. The third kappa shape index (κ3) is 2.65. The lowest BCUT2D eigenvalue weighted by molar-refractivity contribution is 0.317. The van der Waals surface area contributed by atoms with Gasteiger partial charge in [-0.2, -0.15) is 0 Å². The lowest BCUT2D eigenvalue weighted by Crippen LogP contribution is -2.38. The molecule has 1 rings (SSSR count). The number of likely N-dealkylation sites (N-methyl/N-ethyl adjacent to an activating group) is 2. The summed E-state index contributed by atoms with van der Waals surface area (Å²) in [6.07, 6.45) is 2.22. The van der Waals surface area contributed by atoms with Crippen molar-refractivity contribution in [2.45, 2.75) is 19.4 Å². The summed E-state index contributed by atoms with van der Waals surface area (Å²) in [4.78, 5) is 2.27. The van der Waals surface area contributed by atoms with Crippen molar-refractivity contribution < 1.29 is 8.42 Å². The third-order valence-electron chi connectivity index (χ3n) is 2.73. The summed E-state index contributed by atoms with van der Waals surface area (Å²) in [5.74, 6) is 0. The smallest absolute Gasteiger partial charge is 0.211 e. The van der Waals surface area contributed by atoms with Gasteiger partial charge in [-0.15, -0.1) is 0 Å². The van der Waals surface area contributed by atoms with E-state index in [1.165, 1.54) is 10.6 Å². The molecule has 5 heteroatoms. The van der Waals surface area contributed by atoms with Crippen LogP contribution in [-0.2, 0) is 10.0 Å². The van der Waals surface area contributed by atoms with E-state index < -0.39 is 10.0 Å². The average molecular weight is 206 g/mol. The minimum atomic E-state index is -3.01. The van der Waals surface area contributed by atoms with Gasteiger partial charge in [0.15, 0.2) is 0 Å². The molecular weight excluding hydrogens is 188 g/mol. The minimum absolute atomic E-state index is 0.176. The Hall–Kier alpha value is -0.130. The lowest BCUT2D eigenvalue weighted by atomic mass is 10.3. The first-order chi connectivity index (χ1) is 5.95. The number of rotatable bonds is 3. The van der Waals surface area contributed by atoms with Crippen LogP contribution in [0.2, 0.25) is 0 Å². The minimum Gasteiger partial charge on any atom is -0.302 e. The van der Waals surface area contributed by atoms with Crippen molar-refractivity contribution in [3.63, 3.8) is 0 Å². The molecule has 1 saturated heterocycles. The molecule has 0 N–H and O–H groups in total. The van der Waals surface area contributed by atoms with Gasteiger partial charge in [0.1, 0.15) is 0 Å². The Morgan fingerprint density at radius 2 is 2.15 bits per heavy atom. The summed E-state index contributed by atoms with van der Waals surface area (Å²) in [5, 5.41) is 0. The van der Waals surface area contributed by atoms with Gasteiger partial charge in [-0.05, 0) is 19.5 Å². The van der Waals surface area contributed by atoms with Crippen molar-refractivity contribution in [3.8, 4) is 0 Å². The topological polar surface area (TPSA) is 40.6 Å². The van der Waals surface area contributed by atoms with Crippen molar-refractivity contribution in [2.24, 2.45) is 0 Å². The fourth-order valence-corrected chi connectivity index (χ4v) is 2.38. The molecule has 78 valence electrons. The van der Waals surface area contributed by atoms with Crippen LogP contribution in [0.25, 0.3) is 0 Å². The molecule has 1 unspecified atom stereocenters. The zero-order valence-corrected chi connectivity index (χ0v) is 9.34. The molecule has 4 nitrogen and oxygen atoms in total.